The first-order valence-electron chi connectivity index (χ1n) is 8.81. The van der Waals surface area contributed by atoms with Crippen molar-refractivity contribution in [2.75, 3.05) is 38.3 Å². The van der Waals surface area contributed by atoms with Crippen molar-refractivity contribution in [2.24, 2.45) is 0 Å². The molecule has 0 atom stereocenters. The third-order valence-electron chi connectivity index (χ3n) is 4.18. The second-order valence-corrected chi connectivity index (χ2v) is 6.17. The summed E-state index contributed by atoms with van der Waals surface area (Å²) in [4.78, 5) is 23.4. The number of aryl methyl sites for hydroxylation is 1. The van der Waals surface area contributed by atoms with Crippen molar-refractivity contribution in [1.82, 2.24) is 15.3 Å². The smallest absolute Gasteiger partial charge is 0.270 e. The van der Waals surface area contributed by atoms with Crippen LogP contribution in [-0.2, 0) is 0 Å². The fourth-order valence-corrected chi connectivity index (χ4v) is 2.82. The molecular weight excluding hydrogens is 332 g/mol. The van der Waals surface area contributed by atoms with Gasteiger partial charge in [-0.05, 0) is 50.1 Å². The molecule has 7 nitrogen and oxygen atoms in total. The van der Waals surface area contributed by atoms with E-state index >= 15 is 0 Å². The van der Waals surface area contributed by atoms with Gasteiger partial charge in [0.2, 0.25) is 5.95 Å². The number of carbonyl (C=O) groups is 1. The van der Waals surface area contributed by atoms with E-state index in [4.69, 9.17) is 9.47 Å². The van der Waals surface area contributed by atoms with E-state index in [9.17, 15) is 4.79 Å². The van der Waals surface area contributed by atoms with Gasteiger partial charge in [0.15, 0.2) is 0 Å². The Balaban J connectivity index is 1.51. The summed E-state index contributed by atoms with van der Waals surface area (Å²) >= 11 is 0. The molecule has 1 aromatic heterocycles. The highest BCUT2D eigenvalue weighted by molar-refractivity contribution is 5.92. The topological polar surface area (TPSA) is 76.6 Å². The predicted octanol–water partition coefficient (Wildman–Crippen LogP) is 2.20. The van der Waals surface area contributed by atoms with Gasteiger partial charge in [-0.15, -0.1) is 0 Å². The summed E-state index contributed by atoms with van der Waals surface area (Å²) < 4.78 is 10.7. The minimum atomic E-state index is -0.214. The molecule has 2 aromatic rings. The summed E-state index contributed by atoms with van der Waals surface area (Å²) in [6.07, 6.45) is 2.28. The number of rotatable bonds is 7. The third-order valence-corrected chi connectivity index (χ3v) is 4.18. The van der Waals surface area contributed by atoms with E-state index in [-0.39, 0.29) is 5.91 Å². The largest absolute Gasteiger partial charge is 0.497 e. The van der Waals surface area contributed by atoms with Crippen molar-refractivity contribution in [1.29, 1.82) is 0 Å². The average Bonchev–Trinajstić information content (AvgIpc) is 3.20. The molecule has 1 aliphatic heterocycles. The highest BCUT2D eigenvalue weighted by Gasteiger charge is 2.18. The monoisotopic (exact) mass is 356 g/mol. The molecule has 26 heavy (non-hydrogen) atoms. The molecule has 0 spiro atoms. The molecule has 0 radical (unpaired) electrons. The first-order valence-corrected chi connectivity index (χ1v) is 8.81. The highest BCUT2D eigenvalue weighted by Crippen LogP contribution is 2.17. The lowest BCUT2D eigenvalue weighted by molar-refractivity contribution is 0.0942. The first-order chi connectivity index (χ1) is 12.7. The van der Waals surface area contributed by atoms with Crippen LogP contribution in [0.3, 0.4) is 0 Å². The summed E-state index contributed by atoms with van der Waals surface area (Å²) in [6, 6.07) is 9.03. The Morgan fingerprint density at radius 1 is 1.15 bits per heavy atom. The van der Waals surface area contributed by atoms with E-state index < -0.39 is 0 Å². The van der Waals surface area contributed by atoms with E-state index in [0.717, 1.165) is 43.1 Å². The molecule has 138 valence electrons. The number of nitrogens with zero attached hydrogens (tertiary/aromatic N) is 3. The lowest BCUT2D eigenvalue weighted by atomic mass is 10.3. The predicted molar refractivity (Wildman–Crippen MR) is 99.0 cm³/mol. The van der Waals surface area contributed by atoms with Crippen LogP contribution in [0.2, 0.25) is 0 Å². The van der Waals surface area contributed by atoms with Gasteiger partial charge in [-0.3, -0.25) is 4.79 Å². The number of hydrogen-bond acceptors (Lipinski definition) is 6. The van der Waals surface area contributed by atoms with Gasteiger partial charge >= 0.3 is 0 Å². The maximum atomic E-state index is 12.4. The number of aromatic nitrogens is 2. The van der Waals surface area contributed by atoms with Crippen molar-refractivity contribution in [3.8, 4) is 11.5 Å². The fourth-order valence-electron chi connectivity index (χ4n) is 2.82. The Morgan fingerprint density at radius 3 is 2.54 bits per heavy atom. The van der Waals surface area contributed by atoms with Gasteiger partial charge in [0.25, 0.3) is 5.91 Å². The van der Waals surface area contributed by atoms with Gasteiger partial charge < -0.3 is 19.7 Å². The van der Waals surface area contributed by atoms with E-state index in [1.165, 1.54) is 0 Å². The van der Waals surface area contributed by atoms with Gasteiger partial charge in [-0.25, -0.2) is 9.97 Å². The van der Waals surface area contributed by atoms with Crippen LogP contribution in [0.5, 0.6) is 11.5 Å². The second kappa shape index (κ2) is 8.51. The Bertz CT molecular complexity index is 743. The average molecular weight is 356 g/mol. The van der Waals surface area contributed by atoms with E-state index in [1.54, 1.807) is 13.2 Å². The number of methoxy groups -OCH3 is 1. The number of benzene rings is 1. The molecule has 3 rings (SSSR count). The quantitative estimate of drug-likeness (QED) is 0.767. The Hall–Kier alpha value is -2.83. The number of hydrogen-bond donors (Lipinski definition) is 1. The van der Waals surface area contributed by atoms with Gasteiger partial charge in [0.05, 0.1) is 13.7 Å². The van der Waals surface area contributed by atoms with Gasteiger partial charge in [-0.1, -0.05) is 0 Å². The number of nitrogens with one attached hydrogen (secondary N) is 1. The third kappa shape index (κ3) is 4.62. The van der Waals surface area contributed by atoms with E-state index in [1.807, 2.05) is 31.2 Å². The summed E-state index contributed by atoms with van der Waals surface area (Å²) in [5, 5.41) is 2.84. The van der Waals surface area contributed by atoms with Crippen LogP contribution in [0, 0.1) is 6.92 Å². The zero-order valence-electron chi connectivity index (χ0n) is 15.2. The molecule has 1 fully saturated rings. The summed E-state index contributed by atoms with van der Waals surface area (Å²) in [7, 11) is 1.62. The van der Waals surface area contributed by atoms with Crippen LogP contribution >= 0.6 is 0 Å². The molecule has 2 heterocycles. The summed E-state index contributed by atoms with van der Waals surface area (Å²) in [6.45, 7) is 4.54. The van der Waals surface area contributed by atoms with Crippen molar-refractivity contribution in [2.45, 2.75) is 19.8 Å². The van der Waals surface area contributed by atoms with E-state index in [0.29, 0.717) is 24.8 Å². The molecule has 0 aliphatic carbocycles. The van der Waals surface area contributed by atoms with Crippen LogP contribution in [0.25, 0.3) is 0 Å². The van der Waals surface area contributed by atoms with Crippen molar-refractivity contribution in [3.05, 3.63) is 41.7 Å². The van der Waals surface area contributed by atoms with Gasteiger partial charge in [-0.2, -0.15) is 0 Å². The van der Waals surface area contributed by atoms with E-state index in [2.05, 4.69) is 20.2 Å². The summed E-state index contributed by atoms with van der Waals surface area (Å²) in [5.41, 5.74) is 1.19. The van der Waals surface area contributed by atoms with Crippen LogP contribution in [0.4, 0.5) is 5.95 Å². The Labute approximate surface area is 153 Å². The zero-order valence-corrected chi connectivity index (χ0v) is 15.2. The van der Waals surface area contributed by atoms with Crippen molar-refractivity contribution < 1.29 is 14.3 Å². The van der Waals surface area contributed by atoms with Gasteiger partial charge in [0.1, 0.15) is 23.8 Å². The van der Waals surface area contributed by atoms with Crippen molar-refractivity contribution in [3.63, 3.8) is 0 Å². The molecule has 0 bridgehead atoms. The fraction of sp³-hybridized carbons (Fsp3) is 0.421. The normalized spacial score (nSPS) is 13.5. The van der Waals surface area contributed by atoms with Crippen LogP contribution in [0.15, 0.2) is 30.3 Å². The number of amides is 1. The van der Waals surface area contributed by atoms with Crippen LogP contribution in [0.1, 0.15) is 29.0 Å². The molecule has 1 aromatic carbocycles. The minimum Gasteiger partial charge on any atom is -0.497 e. The number of carbonyl (C=O) groups excluding carboxylic acids is 1. The molecule has 1 amide bonds. The van der Waals surface area contributed by atoms with Crippen LogP contribution < -0.4 is 19.7 Å². The zero-order chi connectivity index (χ0) is 18.4. The molecule has 1 aliphatic rings. The lowest BCUT2D eigenvalue weighted by Gasteiger charge is -2.16. The highest BCUT2D eigenvalue weighted by atomic mass is 16.5. The molecule has 1 N–H and O–H groups in total. The molecule has 0 unspecified atom stereocenters. The summed E-state index contributed by atoms with van der Waals surface area (Å²) in [5.74, 6) is 1.93. The minimum absolute atomic E-state index is 0.214. The Kier molecular flexibility index (Phi) is 5.88. The second-order valence-electron chi connectivity index (χ2n) is 6.17. The molecular formula is C19H24N4O3. The number of anilines is 1. The SMILES string of the molecule is COc1ccc(OCCNC(=O)c2cc(C)nc(N3CCCC3)n2)cc1. The standard InChI is InChI=1S/C19H24N4O3/c1-14-13-17(22-19(21-14)23-10-3-4-11-23)18(24)20-9-12-26-16-7-5-15(25-2)6-8-16/h5-8,13H,3-4,9-12H2,1-2H3,(H,20,24). The van der Waals surface area contributed by atoms with Crippen LogP contribution in [-0.4, -0.2) is 49.2 Å². The molecule has 7 heteroatoms. The Morgan fingerprint density at radius 2 is 1.85 bits per heavy atom. The molecule has 1 saturated heterocycles. The lowest BCUT2D eigenvalue weighted by Crippen LogP contribution is -2.30. The maximum absolute atomic E-state index is 12.4. The first kappa shape index (κ1) is 18.0. The number of ether oxygens (including phenoxy) is 2. The van der Waals surface area contributed by atoms with Gasteiger partial charge in [0, 0.05) is 18.8 Å². The van der Waals surface area contributed by atoms with Crippen molar-refractivity contribution >= 4 is 11.9 Å². The maximum Gasteiger partial charge on any atom is 0.270 e. The molecule has 0 saturated carbocycles.